The Bertz CT molecular complexity index is 601. The second-order valence-electron chi connectivity index (χ2n) is 4.12. The Kier molecular flexibility index (Phi) is 5.05. The molecule has 21 heavy (non-hydrogen) atoms. The van der Waals surface area contributed by atoms with Crippen molar-refractivity contribution in [2.75, 3.05) is 31.4 Å². The first-order valence-electron chi connectivity index (χ1n) is 6.30. The summed E-state index contributed by atoms with van der Waals surface area (Å²) in [6, 6.07) is 6.63. The van der Waals surface area contributed by atoms with Crippen molar-refractivity contribution in [1.29, 1.82) is 0 Å². The summed E-state index contributed by atoms with van der Waals surface area (Å²) in [6.07, 6.45) is 3.01. The largest absolute Gasteiger partial charge is 0.475 e. The van der Waals surface area contributed by atoms with Crippen LogP contribution in [0.4, 0.5) is 11.4 Å². The van der Waals surface area contributed by atoms with E-state index in [0.717, 1.165) is 0 Å². The van der Waals surface area contributed by atoms with Crippen LogP contribution in [0.1, 0.15) is 10.5 Å². The summed E-state index contributed by atoms with van der Waals surface area (Å²) in [5.41, 5.74) is 6.73. The third-order valence-electron chi connectivity index (χ3n) is 2.59. The molecule has 7 heteroatoms. The van der Waals surface area contributed by atoms with Crippen molar-refractivity contribution in [2.24, 2.45) is 0 Å². The third kappa shape index (κ3) is 4.15. The number of pyridine rings is 2. The van der Waals surface area contributed by atoms with Gasteiger partial charge in [0.1, 0.15) is 6.61 Å². The summed E-state index contributed by atoms with van der Waals surface area (Å²) in [7, 11) is 1.60. The van der Waals surface area contributed by atoms with Crippen LogP contribution in [0.5, 0.6) is 5.88 Å². The smallest absolute Gasteiger partial charge is 0.276 e. The van der Waals surface area contributed by atoms with Gasteiger partial charge in [0.05, 0.1) is 24.2 Å². The lowest BCUT2D eigenvalue weighted by atomic mass is 10.3. The number of nitrogens with zero attached hydrogens (tertiary/aromatic N) is 2. The summed E-state index contributed by atoms with van der Waals surface area (Å²) >= 11 is 0. The van der Waals surface area contributed by atoms with E-state index in [0.29, 0.717) is 30.5 Å². The highest BCUT2D eigenvalue weighted by Gasteiger charge is 2.11. The highest BCUT2D eigenvalue weighted by molar-refractivity contribution is 6.06. The van der Waals surface area contributed by atoms with Crippen molar-refractivity contribution in [3.05, 3.63) is 42.4 Å². The van der Waals surface area contributed by atoms with Crippen molar-refractivity contribution in [3.63, 3.8) is 0 Å². The van der Waals surface area contributed by atoms with E-state index < -0.39 is 0 Å². The molecular formula is C14H16N4O3. The number of carbonyl (C=O) groups excluding carboxylic acids is 1. The minimum atomic E-state index is -0.386. The Hall–Kier alpha value is -2.67. The van der Waals surface area contributed by atoms with Gasteiger partial charge in [-0.15, -0.1) is 0 Å². The number of nitrogen functional groups attached to an aromatic ring is 1. The van der Waals surface area contributed by atoms with Gasteiger partial charge in [-0.25, -0.2) is 9.97 Å². The van der Waals surface area contributed by atoms with E-state index in [-0.39, 0.29) is 11.6 Å². The first-order chi connectivity index (χ1) is 10.2. The van der Waals surface area contributed by atoms with Gasteiger partial charge in [-0.2, -0.15) is 0 Å². The molecule has 0 aliphatic rings. The van der Waals surface area contributed by atoms with Crippen LogP contribution in [0.2, 0.25) is 0 Å². The van der Waals surface area contributed by atoms with E-state index in [9.17, 15) is 4.79 Å². The number of hydrogen-bond donors (Lipinski definition) is 2. The zero-order valence-corrected chi connectivity index (χ0v) is 11.6. The van der Waals surface area contributed by atoms with Crippen LogP contribution >= 0.6 is 0 Å². The molecule has 0 fully saturated rings. The summed E-state index contributed by atoms with van der Waals surface area (Å²) in [6.45, 7) is 0.902. The molecule has 2 aromatic heterocycles. The van der Waals surface area contributed by atoms with Gasteiger partial charge in [-0.05, 0) is 18.2 Å². The van der Waals surface area contributed by atoms with Crippen LogP contribution in [0.3, 0.4) is 0 Å². The second-order valence-corrected chi connectivity index (χ2v) is 4.12. The van der Waals surface area contributed by atoms with Crippen LogP contribution in [-0.2, 0) is 4.74 Å². The third-order valence-corrected chi connectivity index (χ3v) is 2.59. The molecule has 0 radical (unpaired) electrons. The summed E-state index contributed by atoms with van der Waals surface area (Å²) < 4.78 is 10.2. The van der Waals surface area contributed by atoms with Crippen LogP contribution in [0.15, 0.2) is 36.7 Å². The minimum Gasteiger partial charge on any atom is -0.475 e. The molecule has 3 N–H and O–H groups in total. The molecule has 0 saturated heterocycles. The summed E-state index contributed by atoms with van der Waals surface area (Å²) in [5, 5.41) is 2.67. The van der Waals surface area contributed by atoms with Crippen molar-refractivity contribution in [2.45, 2.75) is 0 Å². The van der Waals surface area contributed by atoms with Gasteiger partial charge in [0.25, 0.3) is 5.91 Å². The molecule has 0 aliphatic heterocycles. The molecule has 7 nitrogen and oxygen atoms in total. The molecular weight excluding hydrogens is 272 g/mol. The molecule has 0 atom stereocenters. The maximum Gasteiger partial charge on any atom is 0.276 e. The van der Waals surface area contributed by atoms with Gasteiger partial charge in [-0.1, -0.05) is 0 Å². The second kappa shape index (κ2) is 7.20. The number of ether oxygens (including phenoxy) is 2. The SMILES string of the molecule is COCCOc1ccc(NC(=O)c2ncccc2N)cn1. The normalized spacial score (nSPS) is 10.1. The molecule has 0 unspecified atom stereocenters. The molecule has 0 aliphatic carbocycles. The van der Waals surface area contributed by atoms with E-state index in [1.54, 1.807) is 31.4 Å². The van der Waals surface area contributed by atoms with Crippen molar-refractivity contribution in [3.8, 4) is 5.88 Å². The monoisotopic (exact) mass is 288 g/mol. The Morgan fingerprint density at radius 1 is 1.29 bits per heavy atom. The van der Waals surface area contributed by atoms with Crippen LogP contribution in [0, 0.1) is 0 Å². The van der Waals surface area contributed by atoms with Gasteiger partial charge < -0.3 is 20.5 Å². The van der Waals surface area contributed by atoms with E-state index in [4.69, 9.17) is 15.2 Å². The first kappa shape index (κ1) is 14.7. The zero-order valence-electron chi connectivity index (χ0n) is 11.6. The molecule has 0 spiro atoms. The number of hydrogen-bond acceptors (Lipinski definition) is 6. The first-order valence-corrected chi connectivity index (χ1v) is 6.30. The number of nitrogens with one attached hydrogen (secondary N) is 1. The van der Waals surface area contributed by atoms with Gasteiger partial charge in [0, 0.05) is 19.4 Å². The van der Waals surface area contributed by atoms with Crippen LogP contribution < -0.4 is 15.8 Å². The van der Waals surface area contributed by atoms with Crippen molar-refractivity contribution < 1.29 is 14.3 Å². The van der Waals surface area contributed by atoms with Gasteiger partial charge in [0.2, 0.25) is 5.88 Å². The number of methoxy groups -OCH3 is 1. The summed E-state index contributed by atoms with van der Waals surface area (Å²) in [5.74, 6) is 0.0744. The Labute approximate surface area is 122 Å². The predicted octanol–water partition coefficient (Wildman–Crippen LogP) is 1.34. The lowest BCUT2D eigenvalue weighted by molar-refractivity contribution is 0.102. The molecule has 2 aromatic rings. The average molecular weight is 288 g/mol. The topological polar surface area (TPSA) is 99.4 Å². The minimum absolute atomic E-state index is 0.179. The van der Waals surface area contributed by atoms with Gasteiger partial charge >= 0.3 is 0 Å². The Balaban J connectivity index is 1.97. The molecule has 2 rings (SSSR count). The average Bonchev–Trinajstić information content (AvgIpc) is 2.49. The zero-order chi connectivity index (χ0) is 15.1. The van der Waals surface area contributed by atoms with Gasteiger partial charge in [-0.3, -0.25) is 4.79 Å². The Morgan fingerprint density at radius 3 is 2.81 bits per heavy atom. The fraction of sp³-hybridized carbons (Fsp3) is 0.214. The lowest BCUT2D eigenvalue weighted by Gasteiger charge is -2.07. The number of amides is 1. The maximum absolute atomic E-state index is 12.0. The highest BCUT2D eigenvalue weighted by Crippen LogP contribution is 2.14. The van der Waals surface area contributed by atoms with Crippen molar-refractivity contribution >= 4 is 17.3 Å². The van der Waals surface area contributed by atoms with Gasteiger partial charge in [0.15, 0.2) is 5.69 Å². The molecule has 110 valence electrons. The predicted molar refractivity (Wildman–Crippen MR) is 78.2 cm³/mol. The number of carbonyl (C=O) groups is 1. The van der Waals surface area contributed by atoms with Crippen LogP contribution in [-0.4, -0.2) is 36.2 Å². The van der Waals surface area contributed by atoms with E-state index in [2.05, 4.69) is 15.3 Å². The molecule has 0 bridgehead atoms. The number of nitrogens with two attached hydrogens (primary N) is 1. The lowest BCUT2D eigenvalue weighted by Crippen LogP contribution is -2.15. The fourth-order valence-corrected chi connectivity index (χ4v) is 1.57. The fourth-order valence-electron chi connectivity index (χ4n) is 1.57. The van der Waals surface area contributed by atoms with E-state index >= 15 is 0 Å². The van der Waals surface area contributed by atoms with E-state index in [1.807, 2.05) is 0 Å². The molecule has 0 aromatic carbocycles. The standard InChI is InChI=1S/C14H16N4O3/c1-20-7-8-21-12-5-4-10(9-17-12)18-14(19)13-11(15)3-2-6-16-13/h2-6,9H,7-8,15H2,1H3,(H,18,19). The molecule has 0 saturated carbocycles. The number of anilines is 2. The number of aromatic nitrogens is 2. The highest BCUT2D eigenvalue weighted by atomic mass is 16.5. The van der Waals surface area contributed by atoms with E-state index in [1.165, 1.54) is 12.4 Å². The van der Waals surface area contributed by atoms with Crippen LogP contribution in [0.25, 0.3) is 0 Å². The van der Waals surface area contributed by atoms with Crippen molar-refractivity contribution in [1.82, 2.24) is 9.97 Å². The Morgan fingerprint density at radius 2 is 2.14 bits per heavy atom. The summed E-state index contributed by atoms with van der Waals surface area (Å²) in [4.78, 5) is 20.0. The molecule has 1 amide bonds. The maximum atomic E-state index is 12.0. The number of rotatable bonds is 6. The molecule has 2 heterocycles. The quantitative estimate of drug-likeness (QED) is 0.778.